The quantitative estimate of drug-likeness (QED) is 0.838. The monoisotopic (exact) mass is 272 g/mol. The van der Waals surface area contributed by atoms with Crippen LogP contribution < -0.4 is 5.32 Å². The van der Waals surface area contributed by atoms with Gasteiger partial charge in [-0.2, -0.15) is 0 Å². The summed E-state index contributed by atoms with van der Waals surface area (Å²) in [5.74, 6) is 1.06. The van der Waals surface area contributed by atoms with Crippen molar-refractivity contribution in [2.75, 3.05) is 13.6 Å². The van der Waals surface area contributed by atoms with Gasteiger partial charge in [0.15, 0.2) is 0 Å². The summed E-state index contributed by atoms with van der Waals surface area (Å²) in [5, 5.41) is 3.34. The molecule has 0 spiro atoms. The van der Waals surface area contributed by atoms with E-state index in [0.717, 1.165) is 31.9 Å². The molecule has 3 heteroatoms. The summed E-state index contributed by atoms with van der Waals surface area (Å²) >= 11 is 0. The maximum atomic E-state index is 5.61. The van der Waals surface area contributed by atoms with E-state index in [4.69, 9.17) is 4.42 Å². The van der Waals surface area contributed by atoms with Crippen molar-refractivity contribution in [2.24, 2.45) is 0 Å². The minimum absolute atomic E-state index is 0.835. The number of rotatable bonds is 7. The lowest BCUT2D eigenvalue weighted by atomic mass is 10.1. The molecule has 2 aromatic rings. The Labute approximate surface area is 121 Å². The molecule has 2 rings (SSSR count). The average Bonchev–Trinajstić information content (AvgIpc) is 2.83. The van der Waals surface area contributed by atoms with Crippen LogP contribution in [0.5, 0.6) is 0 Å². The second-order valence-electron chi connectivity index (χ2n) is 5.31. The van der Waals surface area contributed by atoms with Gasteiger partial charge in [0.05, 0.1) is 12.8 Å². The number of benzene rings is 1. The summed E-state index contributed by atoms with van der Waals surface area (Å²) in [6, 6.07) is 10.7. The van der Waals surface area contributed by atoms with Gasteiger partial charge in [0, 0.05) is 18.7 Å². The number of hydrogen-bond acceptors (Lipinski definition) is 3. The Hall–Kier alpha value is -1.58. The predicted octanol–water partition coefficient (Wildman–Crippen LogP) is 3.33. The molecule has 0 aliphatic heterocycles. The van der Waals surface area contributed by atoms with Crippen molar-refractivity contribution < 1.29 is 4.42 Å². The van der Waals surface area contributed by atoms with Crippen molar-refractivity contribution in [1.29, 1.82) is 0 Å². The maximum Gasteiger partial charge on any atom is 0.122 e. The second-order valence-corrected chi connectivity index (χ2v) is 5.31. The van der Waals surface area contributed by atoms with E-state index < -0.39 is 0 Å². The third kappa shape index (κ3) is 4.22. The molecule has 0 unspecified atom stereocenters. The zero-order chi connectivity index (χ0) is 14.4. The van der Waals surface area contributed by atoms with Gasteiger partial charge >= 0.3 is 0 Å². The molecule has 20 heavy (non-hydrogen) atoms. The van der Waals surface area contributed by atoms with Crippen molar-refractivity contribution in [3.8, 4) is 0 Å². The second kappa shape index (κ2) is 7.27. The van der Waals surface area contributed by atoms with Crippen molar-refractivity contribution >= 4 is 0 Å². The van der Waals surface area contributed by atoms with Crippen LogP contribution in [0, 0.1) is 6.92 Å². The molecule has 0 bridgehead atoms. The minimum atomic E-state index is 0.835. The molecule has 0 aliphatic rings. The Balaban J connectivity index is 1.94. The number of furan rings is 1. The first-order valence-electron chi connectivity index (χ1n) is 7.19. The fraction of sp³-hybridized carbons (Fsp3) is 0.412. The lowest BCUT2D eigenvalue weighted by Gasteiger charge is -2.16. The average molecular weight is 272 g/mol. The normalized spacial score (nSPS) is 11.2. The predicted molar refractivity (Wildman–Crippen MR) is 82.4 cm³/mol. The first kappa shape index (κ1) is 14.8. The lowest BCUT2D eigenvalue weighted by molar-refractivity contribution is 0.286. The Bertz CT molecular complexity index is 533. The molecule has 0 fully saturated rings. The standard InChI is InChI=1S/C17H24N2O/c1-4-18-11-16-8-9-20-17(16)13-19(3)12-15-7-5-6-14(2)10-15/h5-10,18H,4,11-13H2,1-3H3. The van der Waals surface area contributed by atoms with Gasteiger partial charge in [0.2, 0.25) is 0 Å². The Kier molecular flexibility index (Phi) is 5.39. The highest BCUT2D eigenvalue weighted by Gasteiger charge is 2.09. The van der Waals surface area contributed by atoms with Gasteiger partial charge in [-0.25, -0.2) is 0 Å². The van der Waals surface area contributed by atoms with Gasteiger partial charge in [-0.3, -0.25) is 4.90 Å². The van der Waals surface area contributed by atoms with Crippen LogP contribution in [-0.4, -0.2) is 18.5 Å². The highest BCUT2D eigenvalue weighted by atomic mass is 16.3. The van der Waals surface area contributed by atoms with Crippen LogP contribution in [0.25, 0.3) is 0 Å². The summed E-state index contributed by atoms with van der Waals surface area (Å²) in [6.07, 6.45) is 1.78. The summed E-state index contributed by atoms with van der Waals surface area (Å²) in [4.78, 5) is 2.28. The van der Waals surface area contributed by atoms with Crippen LogP contribution in [0.15, 0.2) is 41.0 Å². The smallest absolute Gasteiger partial charge is 0.122 e. The Morgan fingerprint density at radius 3 is 2.80 bits per heavy atom. The number of hydrogen-bond donors (Lipinski definition) is 1. The highest BCUT2D eigenvalue weighted by molar-refractivity contribution is 5.22. The van der Waals surface area contributed by atoms with Crippen LogP contribution in [0.4, 0.5) is 0 Å². The molecule has 0 radical (unpaired) electrons. The molecular weight excluding hydrogens is 248 g/mol. The van der Waals surface area contributed by atoms with E-state index in [1.807, 2.05) is 0 Å². The van der Waals surface area contributed by atoms with Crippen LogP contribution in [0.2, 0.25) is 0 Å². The van der Waals surface area contributed by atoms with Crippen molar-refractivity contribution in [3.05, 3.63) is 59.0 Å². The number of nitrogens with zero attached hydrogens (tertiary/aromatic N) is 1. The lowest BCUT2D eigenvalue weighted by Crippen LogP contribution is -2.19. The van der Waals surface area contributed by atoms with E-state index in [1.165, 1.54) is 16.7 Å². The van der Waals surface area contributed by atoms with Crippen molar-refractivity contribution in [1.82, 2.24) is 10.2 Å². The van der Waals surface area contributed by atoms with E-state index in [2.05, 4.69) is 61.4 Å². The summed E-state index contributed by atoms with van der Waals surface area (Å²) < 4.78 is 5.61. The number of aryl methyl sites for hydroxylation is 1. The van der Waals surface area contributed by atoms with Crippen LogP contribution in [0.3, 0.4) is 0 Å². The third-order valence-corrected chi connectivity index (χ3v) is 3.35. The summed E-state index contributed by atoms with van der Waals surface area (Å²) in [7, 11) is 2.13. The molecule has 0 saturated heterocycles. The fourth-order valence-electron chi connectivity index (χ4n) is 2.35. The van der Waals surface area contributed by atoms with Gasteiger partial charge in [0.25, 0.3) is 0 Å². The number of nitrogens with one attached hydrogen (secondary N) is 1. The van der Waals surface area contributed by atoms with E-state index >= 15 is 0 Å². The van der Waals surface area contributed by atoms with Gasteiger partial charge < -0.3 is 9.73 Å². The largest absolute Gasteiger partial charge is 0.468 e. The van der Waals surface area contributed by atoms with E-state index in [9.17, 15) is 0 Å². The van der Waals surface area contributed by atoms with E-state index in [0.29, 0.717) is 0 Å². The summed E-state index contributed by atoms with van der Waals surface area (Å²) in [6.45, 7) is 7.86. The summed E-state index contributed by atoms with van der Waals surface area (Å²) in [5.41, 5.74) is 3.90. The van der Waals surface area contributed by atoms with Gasteiger partial charge in [-0.15, -0.1) is 0 Å². The van der Waals surface area contributed by atoms with Gasteiger partial charge in [-0.1, -0.05) is 36.8 Å². The molecule has 0 saturated carbocycles. The molecule has 0 amide bonds. The molecule has 3 nitrogen and oxygen atoms in total. The first-order chi connectivity index (χ1) is 9.69. The molecule has 1 aromatic heterocycles. The SMILES string of the molecule is CCNCc1ccoc1CN(C)Cc1cccc(C)c1. The van der Waals surface area contributed by atoms with E-state index in [-0.39, 0.29) is 0 Å². The van der Waals surface area contributed by atoms with Gasteiger partial charge in [0.1, 0.15) is 5.76 Å². The molecule has 0 atom stereocenters. The molecule has 1 N–H and O–H groups in total. The highest BCUT2D eigenvalue weighted by Crippen LogP contribution is 2.14. The first-order valence-corrected chi connectivity index (χ1v) is 7.19. The van der Waals surface area contributed by atoms with Crippen molar-refractivity contribution in [3.63, 3.8) is 0 Å². The molecule has 108 valence electrons. The molecule has 0 aliphatic carbocycles. The van der Waals surface area contributed by atoms with E-state index in [1.54, 1.807) is 6.26 Å². The van der Waals surface area contributed by atoms with Crippen LogP contribution in [0.1, 0.15) is 29.4 Å². The Morgan fingerprint density at radius 1 is 1.20 bits per heavy atom. The zero-order valence-corrected chi connectivity index (χ0v) is 12.6. The molecule has 1 aromatic carbocycles. The maximum absolute atomic E-state index is 5.61. The van der Waals surface area contributed by atoms with Crippen molar-refractivity contribution in [2.45, 2.75) is 33.5 Å². The van der Waals surface area contributed by atoms with Gasteiger partial charge in [-0.05, 0) is 32.1 Å². The Morgan fingerprint density at radius 2 is 2.05 bits per heavy atom. The molecular formula is C17H24N2O. The third-order valence-electron chi connectivity index (χ3n) is 3.35. The minimum Gasteiger partial charge on any atom is -0.468 e. The van der Waals surface area contributed by atoms with Crippen LogP contribution in [-0.2, 0) is 19.6 Å². The topological polar surface area (TPSA) is 28.4 Å². The fourth-order valence-corrected chi connectivity index (χ4v) is 2.35. The molecule has 1 heterocycles. The zero-order valence-electron chi connectivity index (χ0n) is 12.6. The van der Waals surface area contributed by atoms with Crippen LogP contribution >= 0.6 is 0 Å².